The van der Waals surface area contributed by atoms with Gasteiger partial charge in [0.2, 0.25) is 5.91 Å². The van der Waals surface area contributed by atoms with E-state index in [4.69, 9.17) is 4.74 Å². The summed E-state index contributed by atoms with van der Waals surface area (Å²) in [6, 6.07) is 20.6. The van der Waals surface area contributed by atoms with E-state index in [1.807, 2.05) is 22.8 Å². The monoisotopic (exact) mass is 526 g/mol. The van der Waals surface area contributed by atoms with E-state index in [1.54, 1.807) is 61.7 Å². The van der Waals surface area contributed by atoms with Crippen molar-refractivity contribution in [3.63, 3.8) is 0 Å². The van der Waals surface area contributed by atoms with E-state index in [-0.39, 0.29) is 30.4 Å². The number of imide groups is 2. The molecule has 2 saturated heterocycles. The summed E-state index contributed by atoms with van der Waals surface area (Å²) in [7, 11) is 1.58. The van der Waals surface area contributed by atoms with Gasteiger partial charge in [0.1, 0.15) is 11.2 Å². The molecule has 9 nitrogen and oxygen atoms in total. The maximum absolute atomic E-state index is 14.3. The topological polar surface area (TPSA) is 101 Å². The van der Waals surface area contributed by atoms with Crippen LogP contribution in [0.3, 0.4) is 0 Å². The SMILES string of the molecule is COc1ccc(CC2(CN3C[C@H]4C[C@@H](C3)c3cccc(=O)n3C4)C(=O)NC(=O)N(c3ccccc3)C2=O)cc1. The van der Waals surface area contributed by atoms with Crippen LogP contribution in [0.2, 0.25) is 0 Å². The van der Waals surface area contributed by atoms with Crippen LogP contribution in [0.4, 0.5) is 10.5 Å². The van der Waals surface area contributed by atoms with Crippen LogP contribution in [0.25, 0.3) is 0 Å². The first-order valence-corrected chi connectivity index (χ1v) is 13.2. The molecule has 2 bridgehead atoms. The molecular weight excluding hydrogens is 496 g/mol. The van der Waals surface area contributed by atoms with Crippen LogP contribution >= 0.6 is 0 Å². The Morgan fingerprint density at radius 1 is 0.897 bits per heavy atom. The van der Waals surface area contributed by atoms with Crippen LogP contribution in [-0.2, 0) is 22.6 Å². The number of rotatable bonds is 6. The molecule has 1 aromatic heterocycles. The average Bonchev–Trinajstić information content (AvgIpc) is 2.93. The summed E-state index contributed by atoms with van der Waals surface area (Å²) in [4.78, 5) is 56.7. The number of ether oxygens (including phenoxy) is 1. The van der Waals surface area contributed by atoms with Crippen molar-refractivity contribution in [3.05, 3.63) is 94.4 Å². The van der Waals surface area contributed by atoms with E-state index in [0.29, 0.717) is 31.1 Å². The number of benzene rings is 2. The molecule has 0 spiro atoms. The normalized spacial score (nSPS) is 24.7. The van der Waals surface area contributed by atoms with Crippen LogP contribution in [-0.4, -0.2) is 54.1 Å². The minimum atomic E-state index is -1.53. The summed E-state index contributed by atoms with van der Waals surface area (Å²) in [5.41, 5.74) is 0.671. The number of carbonyl (C=O) groups is 3. The van der Waals surface area contributed by atoms with Gasteiger partial charge < -0.3 is 14.2 Å². The highest BCUT2D eigenvalue weighted by molar-refractivity contribution is 6.30. The van der Waals surface area contributed by atoms with Gasteiger partial charge in [-0.05, 0) is 54.7 Å². The second kappa shape index (κ2) is 9.81. The van der Waals surface area contributed by atoms with Crippen molar-refractivity contribution in [2.24, 2.45) is 11.3 Å². The lowest BCUT2D eigenvalue weighted by atomic mass is 9.75. The van der Waals surface area contributed by atoms with E-state index in [1.165, 1.54) is 0 Å². The molecule has 39 heavy (non-hydrogen) atoms. The number of urea groups is 1. The minimum absolute atomic E-state index is 0.00507. The zero-order chi connectivity index (χ0) is 27.1. The Labute approximate surface area is 226 Å². The maximum atomic E-state index is 14.3. The third kappa shape index (κ3) is 4.42. The van der Waals surface area contributed by atoms with Gasteiger partial charge in [0.05, 0.1) is 12.8 Å². The number of aromatic nitrogens is 1. The van der Waals surface area contributed by atoms with Crippen LogP contribution in [0.1, 0.15) is 23.6 Å². The summed E-state index contributed by atoms with van der Waals surface area (Å²) in [5.74, 6) is -0.106. The number of methoxy groups -OCH3 is 1. The van der Waals surface area contributed by atoms with Gasteiger partial charge in [-0.25, -0.2) is 9.69 Å². The van der Waals surface area contributed by atoms with Crippen molar-refractivity contribution in [2.75, 3.05) is 31.6 Å². The summed E-state index contributed by atoms with van der Waals surface area (Å²) in [5, 5.41) is 2.49. The predicted octanol–water partition coefficient (Wildman–Crippen LogP) is 2.79. The standard InChI is InChI=1S/C30H30N4O5/c1-39-24-12-10-20(11-13-24)15-30(27(36)31-29(38)34(28(30)37)23-6-3-2-4-7-23)19-32-16-21-14-22(18-32)25-8-5-9-26(35)33(25)17-21/h2-13,21-22H,14-19H2,1H3,(H,31,36,38)/t21-,22+,30?/m1/s1. The fraction of sp³-hybridized carbons (Fsp3) is 0.333. The Hall–Kier alpha value is -4.24. The Balaban J connectivity index is 1.37. The Kier molecular flexibility index (Phi) is 6.31. The van der Waals surface area contributed by atoms with Gasteiger partial charge in [0.15, 0.2) is 0 Å². The van der Waals surface area contributed by atoms with E-state index < -0.39 is 23.3 Å². The lowest BCUT2D eigenvalue weighted by Crippen LogP contribution is -2.68. The van der Waals surface area contributed by atoms with Gasteiger partial charge in [-0.1, -0.05) is 36.4 Å². The number of amides is 4. The number of hydrogen-bond acceptors (Lipinski definition) is 6. The number of carbonyl (C=O) groups excluding carboxylic acids is 3. The van der Waals surface area contributed by atoms with Gasteiger partial charge >= 0.3 is 6.03 Å². The molecule has 3 atom stereocenters. The van der Waals surface area contributed by atoms with Gasteiger partial charge in [-0.3, -0.25) is 19.7 Å². The number of pyridine rings is 1. The number of nitrogens with one attached hydrogen (secondary N) is 1. The molecule has 3 aliphatic heterocycles. The molecular formula is C30H30N4O5. The second-order valence-corrected chi connectivity index (χ2v) is 10.7. The molecule has 4 heterocycles. The lowest BCUT2D eigenvalue weighted by molar-refractivity contribution is -0.144. The summed E-state index contributed by atoms with van der Waals surface area (Å²) in [6.45, 7) is 2.04. The number of likely N-dealkylation sites (tertiary alicyclic amines) is 1. The first-order chi connectivity index (χ1) is 18.9. The smallest absolute Gasteiger partial charge is 0.335 e. The van der Waals surface area contributed by atoms with Crippen molar-refractivity contribution in [3.8, 4) is 5.75 Å². The van der Waals surface area contributed by atoms with Crippen molar-refractivity contribution >= 4 is 23.5 Å². The van der Waals surface area contributed by atoms with Gasteiger partial charge in [0, 0.05) is 43.9 Å². The minimum Gasteiger partial charge on any atom is -0.497 e. The number of barbiturate groups is 1. The van der Waals surface area contributed by atoms with Gasteiger partial charge in [0.25, 0.3) is 11.5 Å². The van der Waals surface area contributed by atoms with Crippen molar-refractivity contribution in [1.29, 1.82) is 0 Å². The zero-order valence-corrected chi connectivity index (χ0v) is 21.7. The lowest BCUT2D eigenvalue weighted by Gasteiger charge is -2.47. The Morgan fingerprint density at radius 2 is 1.67 bits per heavy atom. The van der Waals surface area contributed by atoms with Crippen LogP contribution < -0.4 is 20.5 Å². The van der Waals surface area contributed by atoms with Crippen LogP contribution in [0.5, 0.6) is 5.75 Å². The number of fused-ring (bicyclic) bond motifs is 4. The maximum Gasteiger partial charge on any atom is 0.335 e. The van der Waals surface area contributed by atoms with Crippen molar-refractivity contribution in [1.82, 2.24) is 14.8 Å². The zero-order valence-electron chi connectivity index (χ0n) is 21.7. The third-order valence-electron chi connectivity index (χ3n) is 8.20. The highest BCUT2D eigenvalue weighted by atomic mass is 16.5. The average molecular weight is 527 g/mol. The molecule has 9 heteroatoms. The van der Waals surface area contributed by atoms with Crippen molar-refractivity contribution in [2.45, 2.75) is 25.3 Å². The van der Waals surface area contributed by atoms with Crippen LogP contribution in [0.15, 0.2) is 77.6 Å². The molecule has 6 rings (SSSR count). The molecule has 4 amide bonds. The third-order valence-corrected chi connectivity index (χ3v) is 8.20. The molecule has 3 aromatic rings. The number of nitrogens with zero attached hydrogens (tertiary/aromatic N) is 3. The largest absolute Gasteiger partial charge is 0.497 e. The molecule has 0 aliphatic carbocycles. The second-order valence-electron chi connectivity index (χ2n) is 10.7. The number of para-hydroxylation sites is 1. The fourth-order valence-corrected chi connectivity index (χ4v) is 6.44. The van der Waals surface area contributed by atoms with Crippen molar-refractivity contribution < 1.29 is 19.1 Å². The quantitative estimate of drug-likeness (QED) is 0.496. The van der Waals surface area contributed by atoms with E-state index in [0.717, 1.165) is 22.6 Å². The molecule has 0 radical (unpaired) electrons. The Bertz CT molecular complexity index is 1490. The number of hydrogen-bond donors (Lipinski definition) is 1. The summed E-state index contributed by atoms with van der Waals surface area (Å²) >= 11 is 0. The summed E-state index contributed by atoms with van der Waals surface area (Å²) in [6.07, 6.45) is 1.08. The first-order valence-electron chi connectivity index (χ1n) is 13.2. The fourth-order valence-electron chi connectivity index (χ4n) is 6.44. The molecule has 0 saturated carbocycles. The molecule has 3 aliphatic rings. The molecule has 1 unspecified atom stereocenters. The Morgan fingerprint density at radius 3 is 2.41 bits per heavy atom. The summed E-state index contributed by atoms with van der Waals surface area (Å²) < 4.78 is 7.14. The van der Waals surface area contributed by atoms with Gasteiger partial charge in [-0.15, -0.1) is 0 Å². The number of piperidine rings is 1. The van der Waals surface area contributed by atoms with Gasteiger partial charge in [-0.2, -0.15) is 0 Å². The highest BCUT2D eigenvalue weighted by Crippen LogP contribution is 2.39. The van der Waals surface area contributed by atoms with E-state index in [2.05, 4.69) is 10.2 Å². The molecule has 1 N–H and O–H groups in total. The number of anilines is 1. The predicted molar refractivity (Wildman–Crippen MR) is 145 cm³/mol. The first kappa shape index (κ1) is 25.1. The molecule has 2 fully saturated rings. The van der Waals surface area contributed by atoms with E-state index >= 15 is 0 Å². The molecule has 200 valence electrons. The van der Waals surface area contributed by atoms with Crippen LogP contribution in [0, 0.1) is 11.3 Å². The molecule has 2 aromatic carbocycles. The highest BCUT2D eigenvalue weighted by Gasteiger charge is 2.55. The van der Waals surface area contributed by atoms with E-state index in [9.17, 15) is 19.2 Å².